The summed E-state index contributed by atoms with van der Waals surface area (Å²) < 4.78 is 0. The first-order valence-electron chi connectivity index (χ1n) is 12.4. The van der Waals surface area contributed by atoms with Crippen molar-refractivity contribution in [3.8, 4) is 0 Å². The molecule has 0 aromatic heterocycles. The first kappa shape index (κ1) is 22.5. The van der Waals surface area contributed by atoms with E-state index in [4.69, 9.17) is 5.11 Å². The second-order valence-corrected chi connectivity index (χ2v) is 11.5. The summed E-state index contributed by atoms with van der Waals surface area (Å²) in [6.45, 7) is 6.57. The van der Waals surface area contributed by atoms with Gasteiger partial charge in [-0.2, -0.15) is 0 Å². The third kappa shape index (κ3) is 2.94. The molecule has 5 nitrogen and oxygen atoms in total. The Morgan fingerprint density at radius 3 is 2.60 bits per heavy atom. The van der Waals surface area contributed by atoms with Crippen LogP contribution in [0, 0.1) is 40.4 Å². The van der Waals surface area contributed by atoms with E-state index < -0.39 is 17.7 Å². The van der Waals surface area contributed by atoms with E-state index >= 15 is 0 Å². The summed E-state index contributed by atoms with van der Waals surface area (Å²) in [5, 5.41) is 42.6. The molecule has 0 heterocycles. The highest BCUT2D eigenvalue weighted by Crippen LogP contribution is 2.91. The van der Waals surface area contributed by atoms with Gasteiger partial charge in [0, 0.05) is 17.3 Å². The van der Waals surface area contributed by atoms with Gasteiger partial charge in [0.2, 0.25) is 0 Å². The Labute approximate surface area is 181 Å². The van der Waals surface area contributed by atoms with E-state index in [1.165, 1.54) is 0 Å². The van der Waals surface area contributed by atoms with Crippen molar-refractivity contribution < 1.29 is 25.2 Å². The molecule has 0 bridgehead atoms. The van der Waals surface area contributed by atoms with Gasteiger partial charge in [-0.25, -0.2) is 0 Å². The first-order chi connectivity index (χ1) is 14.1. The Bertz CT molecular complexity index is 666. The zero-order chi connectivity index (χ0) is 21.9. The number of carbonyl (C=O) groups is 1. The van der Waals surface area contributed by atoms with Crippen LogP contribution in [0.1, 0.15) is 91.4 Å². The van der Waals surface area contributed by atoms with Crippen LogP contribution in [0.5, 0.6) is 0 Å². The molecular formula is C25H42O5. The summed E-state index contributed by atoms with van der Waals surface area (Å²) in [4.78, 5) is 11.1. The topological polar surface area (TPSA) is 98.0 Å². The molecular weight excluding hydrogens is 380 g/mol. The van der Waals surface area contributed by atoms with E-state index in [0.29, 0.717) is 24.2 Å². The third-order valence-electron chi connectivity index (χ3n) is 10.5. The average Bonchev–Trinajstić information content (AvgIpc) is 2.96. The van der Waals surface area contributed by atoms with Gasteiger partial charge in [0.15, 0.2) is 0 Å². The highest BCUT2D eigenvalue weighted by molar-refractivity contribution is 5.66. The predicted octanol–water partition coefficient (Wildman–Crippen LogP) is 3.98. The monoisotopic (exact) mass is 422 g/mol. The van der Waals surface area contributed by atoms with Crippen LogP contribution in [0.4, 0.5) is 0 Å². The van der Waals surface area contributed by atoms with Gasteiger partial charge in [-0.3, -0.25) is 4.79 Å². The molecule has 4 rings (SSSR count). The normalized spacial score (nSPS) is 49.3. The summed E-state index contributed by atoms with van der Waals surface area (Å²) >= 11 is 0. The number of aliphatic carboxylic acids is 1. The van der Waals surface area contributed by atoms with Crippen molar-refractivity contribution in [1.29, 1.82) is 0 Å². The van der Waals surface area contributed by atoms with E-state index in [9.17, 15) is 20.1 Å². The van der Waals surface area contributed by atoms with E-state index in [-0.39, 0.29) is 35.2 Å². The van der Waals surface area contributed by atoms with Gasteiger partial charge in [0.05, 0.1) is 17.8 Å². The Morgan fingerprint density at radius 2 is 1.97 bits per heavy atom. The molecule has 4 fully saturated rings. The summed E-state index contributed by atoms with van der Waals surface area (Å²) in [5.74, 6) is 0.691. The molecule has 4 N–H and O–H groups in total. The molecule has 0 aliphatic heterocycles. The number of hydrogen-bond donors (Lipinski definition) is 4. The molecule has 0 saturated heterocycles. The van der Waals surface area contributed by atoms with Crippen molar-refractivity contribution in [2.75, 3.05) is 0 Å². The largest absolute Gasteiger partial charge is 0.481 e. The highest BCUT2D eigenvalue weighted by atomic mass is 16.4. The fourth-order valence-corrected chi connectivity index (χ4v) is 9.20. The maximum absolute atomic E-state index is 11.9. The lowest BCUT2D eigenvalue weighted by Gasteiger charge is -2.38. The standard InChI is InChI=1S/C25H42O5/c1-4-17-14-25(30)23(3)19(15(2)8-9-21(28)29)10-11-24(23,25)22(17)20(27)13-16-6-5-7-18(26)12-16/h15-20,22,26-27,30H,4-14H2,1-3H3,(H,28,29)/t15-,16?,17?,18-,19?,20?,22?,23?,24?,25?/m1/s1. The van der Waals surface area contributed by atoms with Crippen LogP contribution in [-0.2, 0) is 4.79 Å². The molecule has 172 valence electrons. The van der Waals surface area contributed by atoms with Crippen molar-refractivity contribution in [3.05, 3.63) is 0 Å². The summed E-state index contributed by atoms with van der Waals surface area (Å²) in [5.41, 5.74) is -1.13. The van der Waals surface area contributed by atoms with Gasteiger partial charge < -0.3 is 20.4 Å². The number of carboxylic acids is 1. The zero-order valence-electron chi connectivity index (χ0n) is 19.0. The Morgan fingerprint density at radius 1 is 1.23 bits per heavy atom. The second-order valence-electron chi connectivity index (χ2n) is 11.5. The van der Waals surface area contributed by atoms with E-state index in [0.717, 1.165) is 57.8 Å². The van der Waals surface area contributed by atoms with Crippen LogP contribution in [0.15, 0.2) is 0 Å². The summed E-state index contributed by atoms with van der Waals surface area (Å²) in [6, 6.07) is 0. The van der Waals surface area contributed by atoms with Gasteiger partial charge in [-0.1, -0.05) is 40.0 Å². The molecule has 0 radical (unpaired) electrons. The van der Waals surface area contributed by atoms with Crippen LogP contribution in [0.2, 0.25) is 0 Å². The van der Waals surface area contributed by atoms with Crippen molar-refractivity contribution in [2.24, 2.45) is 40.4 Å². The van der Waals surface area contributed by atoms with Gasteiger partial charge >= 0.3 is 5.97 Å². The SMILES string of the molecule is CCC1CC2(O)C3(C)C([C@H](C)CCC(=O)O)CCC23C1C(O)CC1CCC[C@@H](O)C1. The second kappa shape index (κ2) is 7.74. The predicted molar refractivity (Wildman–Crippen MR) is 115 cm³/mol. The van der Waals surface area contributed by atoms with Crippen molar-refractivity contribution in [3.63, 3.8) is 0 Å². The Kier molecular flexibility index (Phi) is 5.81. The minimum atomic E-state index is -0.747. The van der Waals surface area contributed by atoms with Crippen molar-refractivity contribution in [2.45, 2.75) is 109 Å². The van der Waals surface area contributed by atoms with Crippen molar-refractivity contribution in [1.82, 2.24) is 0 Å². The van der Waals surface area contributed by atoms with E-state index in [1.54, 1.807) is 0 Å². The molecule has 4 aliphatic rings. The van der Waals surface area contributed by atoms with Crippen LogP contribution in [-0.4, -0.2) is 44.2 Å². The molecule has 10 atom stereocenters. The number of aliphatic hydroxyl groups excluding tert-OH is 2. The minimum absolute atomic E-state index is 0.119. The number of aliphatic hydroxyl groups is 3. The number of carboxylic acid groups (broad SMARTS) is 1. The number of fused-ring (bicyclic) bond motifs is 1. The third-order valence-corrected chi connectivity index (χ3v) is 10.5. The van der Waals surface area contributed by atoms with Crippen LogP contribution in [0.3, 0.4) is 0 Å². The molecule has 5 heteroatoms. The minimum Gasteiger partial charge on any atom is -0.481 e. The smallest absolute Gasteiger partial charge is 0.303 e. The van der Waals surface area contributed by atoms with Crippen LogP contribution < -0.4 is 0 Å². The fourth-order valence-electron chi connectivity index (χ4n) is 9.20. The van der Waals surface area contributed by atoms with Gasteiger partial charge in [0.1, 0.15) is 0 Å². The fraction of sp³-hybridized carbons (Fsp3) is 0.960. The molecule has 0 aromatic carbocycles. The van der Waals surface area contributed by atoms with E-state index in [2.05, 4.69) is 20.8 Å². The summed E-state index contributed by atoms with van der Waals surface area (Å²) in [6.07, 6.45) is 8.47. The molecule has 0 aromatic rings. The van der Waals surface area contributed by atoms with Gasteiger partial charge in [-0.15, -0.1) is 0 Å². The highest BCUT2D eigenvalue weighted by Gasteiger charge is 2.93. The molecule has 4 aliphatic carbocycles. The van der Waals surface area contributed by atoms with Crippen molar-refractivity contribution >= 4 is 5.97 Å². The maximum Gasteiger partial charge on any atom is 0.303 e. The molecule has 4 saturated carbocycles. The zero-order valence-corrected chi connectivity index (χ0v) is 19.0. The molecule has 0 amide bonds. The Hall–Kier alpha value is -0.650. The maximum atomic E-state index is 11.9. The van der Waals surface area contributed by atoms with E-state index in [1.807, 2.05) is 0 Å². The van der Waals surface area contributed by atoms with Gasteiger partial charge in [-0.05, 0) is 74.5 Å². The van der Waals surface area contributed by atoms with Crippen LogP contribution >= 0.6 is 0 Å². The first-order valence-corrected chi connectivity index (χ1v) is 12.4. The molecule has 30 heavy (non-hydrogen) atoms. The quantitative estimate of drug-likeness (QED) is 0.474. The lowest BCUT2D eigenvalue weighted by molar-refractivity contribution is -0.137. The Balaban J connectivity index is 1.54. The van der Waals surface area contributed by atoms with Crippen LogP contribution in [0.25, 0.3) is 0 Å². The lowest BCUT2D eigenvalue weighted by atomic mass is 9.68. The lowest BCUT2D eigenvalue weighted by Crippen LogP contribution is -2.37. The number of rotatable bonds is 8. The van der Waals surface area contributed by atoms with Gasteiger partial charge in [0.25, 0.3) is 0 Å². The molecule has 1 spiro atoms. The average molecular weight is 423 g/mol. The summed E-state index contributed by atoms with van der Waals surface area (Å²) in [7, 11) is 0. The molecule has 8 unspecified atom stereocenters. The number of hydrogen-bond acceptors (Lipinski definition) is 4.